The van der Waals surface area contributed by atoms with Gasteiger partial charge in [0.1, 0.15) is 6.54 Å². The third-order valence-electron chi connectivity index (χ3n) is 7.76. The lowest BCUT2D eigenvalue weighted by Crippen LogP contribution is -2.53. The van der Waals surface area contributed by atoms with E-state index in [1.807, 2.05) is 12.1 Å². The fourth-order valence-corrected chi connectivity index (χ4v) is 6.33. The highest BCUT2D eigenvalue weighted by Gasteiger charge is 2.54. The van der Waals surface area contributed by atoms with Crippen molar-refractivity contribution in [3.63, 3.8) is 0 Å². The molecule has 6 rings (SSSR count). The average molecular weight is 425 g/mol. The molecule has 2 N–H and O–H groups in total. The normalized spacial score (nSPS) is 30.6. The summed E-state index contributed by atoms with van der Waals surface area (Å²) in [5.74, 6) is 2.29. The molecule has 1 aromatic carbocycles. The van der Waals surface area contributed by atoms with E-state index < -0.39 is 5.97 Å². The van der Waals surface area contributed by atoms with Crippen LogP contribution in [0.4, 0.5) is 0 Å². The van der Waals surface area contributed by atoms with Crippen molar-refractivity contribution in [1.29, 1.82) is 0 Å². The van der Waals surface area contributed by atoms with Crippen LogP contribution in [-0.2, 0) is 20.9 Å². The summed E-state index contributed by atoms with van der Waals surface area (Å²) in [7, 11) is 0. The molecular weight excluding hydrogens is 392 g/mol. The van der Waals surface area contributed by atoms with Crippen LogP contribution in [-0.4, -0.2) is 30.9 Å². The van der Waals surface area contributed by atoms with E-state index in [0.717, 1.165) is 55.4 Å². The summed E-state index contributed by atoms with van der Waals surface area (Å²) in [6.45, 7) is 0.822. The quantitative estimate of drug-likeness (QED) is 0.628. The summed E-state index contributed by atoms with van der Waals surface area (Å²) >= 11 is 0. The maximum absolute atomic E-state index is 13.1. The lowest BCUT2D eigenvalue weighted by Gasteiger charge is -2.55. The first-order valence-electron chi connectivity index (χ1n) is 11.8. The fourth-order valence-electron chi connectivity index (χ4n) is 6.33. The lowest BCUT2D eigenvalue weighted by molar-refractivity contribution is -0.146. The first-order valence-corrected chi connectivity index (χ1v) is 11.8. The Morgan fingerprint density at radius 2 is 1.52 bits per heavy atom. The Morgan fingerprint density at radius 1 is 0.903 bits per heavy atom. The van der Waals surface area contributed by atoms with Crippen molar-refractivity contribution in [3.05, 3.63) is 35.4 Å². The molecule has 4 bridgehead atoms. The zero-order chi connectivity index (χ0) is 21.4. The number of nitrogens with one attached hydrogen (secondary N) is 2. The van der Waals surface area contributed by atoms with Crippen LogP contribution in [0.5, 0.6) is 0 Å². The van der Waals surface area contributed by atoms with Crippen molar-refractivity contribution in [3.8, 4) is 0 Å². The van der Waals surface area contributed by atoms with Crippen molar-refractivity contribution in [2.24, 2.45) is 29.1 Å². The Morgan fingerprint density at radius 3 is 2.10 bits per heavy atom. The molecule has 5 saturated carbocycles. The van der Waals surface area contributed by atoms with E-state index in [9.17, 15) is 14.4 Å². The summed E-state index contributed by atoms with van der Waals surface area (Å²) in [4.78, 5) is 37.0. The predicted molar refractivity (Wildman–Crippen MR) is 115 cm³/mol. The van der Waals surface area contributed by atoms with Crippen molar-refractivity contribution < 1.29 is 19.1 Å². The van der Waals surface area contributed by atoms with Gasteiger partial charge in [0, 0.05) is 17.5 Å². The van der Waals surface area contributed by atoms with Gasteiger partial charge in [-0.2, -0.15) is 0 Å². The SMILES string of the molecule is O=C(CNC(=O)c1ccc(CNC(=O)C23CC4CC(CC(C4)C2)C3)cc1)OCC1CC1. The zero-order valence-electron chi connectivity index (χ0n) is 18.0. The molecule has 5 aliphatic carbocycles. The smallest absolute Gasteiger partial charge is 0.325 e. The van der Waals surface area contributed by atoms with E-state index in [-0.39, 0.29) is 23.8 Å². The van der Waals surface area contributed by atoms with Crippen LogP contribution in [0.15, 0.2) is 24.3 Å². The number of carbonyl (C=O) groups excluding carboxylic acids is 3. The molecule has 5 aliphatic rings. The van der Waals surface area contributed by atoms with Gasteiger partial charge in [0.05, 0.1) is 6.61 Å². The number of hydrogen-bond acceptors (Lipinski definition) is 4. The number of esters is 1. The molecule has 0 aromatic heterocycles. The monoisotopic (exact) mass is 424 g/mol. The van der Waals surface area contributed by atoms with Gasteiger partial charge in [-0.05, 0) is 92.7 Å². The van der Waals surface area contributed by atoms with Gasteiger partial charge in [-0.1, -0.05) is 12.1 Å². The van der Waals surface area contributed by atoms with Gasteiger partial charge in [-0.15, -0.1) is 0 Å². The molecule has 6 heteroatoms. The molecule has 1 aromatic rings. The molecule has 0 heterocycles. The molecule has 166 valence electrons. The number of amides is 2. The van der Waals surface area contributed by atoms with Crippen LogP contribution in [0, 0.1) is 29.1 Å². The minimum absolute atomic E-state index is 0.117. The van der Waals surface area contributed by atoms with Crippen LogP contribution in [0.1, 0.15) is 67.3 Å². The summed E-state index contributed by atoms with van der Waals surface area (Å²) in [6, 6.07) is 7.19. The van der Waals surface area contributed by atoms with Crippen molar-refractivity contribution in [2.45, 2.75) is 57.9 Å². The van der Waals surface area contributed by atoms with Crippen LogP contribution >= 0.6 is 0 Å². The zero-order valence-corrected chi connectivity index (χ0v) is 18.0. The Kier molecular flexibility index (Phi) is 5.49. The highest BCUT2D eigenvalue weighted by molar-refractivity contribution is 5.95. The van der Waals surface area contributed by atoms with Gasteiger partial charge in [0.25, 0.3) is 5.91 Å². The van der Waals surface area contributed by atoms with Crippen LogP contribution in [0.25, 0.3) is 0 Å². The van der Waals surface area contributed by atoms with Crippen LogP contribution in [0.3, 0.4) is 0 Å². The average Bonchev–Trinajstić information content (AvgIpc) is 3.58. The van der Waals surface area contributed by atoms with E-state index in [4.69, 9.17) is 4.74 Å². The van der Waals surface area contributed by atoms with Crippen LogP contribution < -0.4 is 10.6 Å². The highest BCUT2D eigenvalue weighted by atomic mass is 16.5. The van der Waals surface area contributed by atoms with E-state index in [1.165, 1.54) is 19.3 Å². The standard InChI is InChI=1S/C25H32N2O4/c28-22(31-15-17-1-2-17)14-26-23(29)21-5-3-16(4-6-21)13-27-24(30)25-10-18-7-19(11-25)9-20(8-18)12-25/h3-6,17-20H,1-2,7-15H2,(H,26,29)(H,27,30). The Labute approximate surface area is 183 Å². The van der Waals surface area contributed by atoms with Gasteiger partial charge in [0.15, 0.2) is 0 Å². The molecule has 0 atom stereocenters. The highest BCUT2D eigenvalue weighted by Crippen LogP contribution is 2.60. The first-order chi connectivity index (χ1) is 15.0. The van der Waals surface area contributed by atoms with E-state index in [2.05, 4.69) is 10.6 Å². The molecule has 5 fully saturated rings. The Hall–Kier alpha value is -2.37. The molecular formula is C25H32N2O4. The van der Waals surface area contributed by atoms with Gasteiger partial charge in [-0.3, -0.25) is 14.4 Å². The lowest BCUT2D eigenvalue weighted by atomic mass is 9.49. The van der Waals surface area contributed by atoms with E-state index in [1.54, 1.807) is 12.1 Å². The summed E-state index contributed by atoms with van der Waals surface area (Å²) in [5.41, 5.74) is 1.33. The molecule has 0 spiro atoms. The molecule has 2 amide bonds. The predicted octanol–water partition coefficient (Wildman–Crippen LogP) is 3.20. The Balaban J connectivity index is 1.09. The number of carbonyl (C=O) groups is 3. The summed E-state index contributed by atoms with van der Waals surface area (Å²) in [5, 5.41) is 5.78. The third kappa shape index (κ3) is 4.63. The van der Waals surface area contributed by atoms with Crippen molar-refractivity contribution in [2.75, 3.05) is 13.2 Å². The minimum Gasteiger partial charge on any atom is -0.464 e. The van der Waals surface area contributed by atoms with Crippen molar-refractivity contribution in [1.82, 2.24) is 10.6 Å². The molecule has 0 saturated heterocycles. The minimum atomic E-state index is -0.399. The second-order valence-electron chi connectivity index (χ2n) is 10.4. The topological polar surface area (TPSA) is 84.5 Å². The fraction of sp³-hybridized carbons (Fsp3) is 0.640. The molecule has 31 heavy (non-hydrogen) atoms. The molecule has 0 aliphatic heterocycles. The van der Waals surface area contributed by atoms with Gasteiger partial charge in [-0.25, -0.2) is 0 Å². The number of rotatable bonds is 8. The molecule has 6 nitrogen and oxygen atoms in total. The second-order valence-corrected chi connectivity index (χ2v) is 10.4. The first kappa shape index (κ1) is 20.5. The largest absolute Gasteiger partial charge is 0.464 e. The summed E-state index contributed by atoms with van der Waals surface area (Å²) in [6.07, 6.45) is 9.41. The van der Waals surface area contributed by atoms with Gasteiger partial charge < -0.3 is 15.4 Å². The third-order valence-corrected chi connectivity index (χ3v) is 7.76. The van der Waals surface area contributed by atoms with Gasteiger partial charge in [0.2, 0.25) is 5.91 Å². The number of hydrogen-bond donors (Lipinski definition) is 2. The summed E-state index contributed by atoms with van der Waals surface area (Å²) < 4.78 is 5.12. The molecule has 0 unspecified atom stereocenters. The Bertz CT molecular complexity index is 823. The van der Waals surface area contributed by atoms with Crippen LogP contribution in [0.2, 0.25) is 0 Å². The number of ether oxygens (including phenoxy) is 1. The second kappa shape index (κ2) is 8.29. The number of benzene rings is 1. The van der Waals surface area contributed by atoms with Crippen molar-refractivity contribution >= 4 is 17.8 Å². The van der Waals surface area contributed by atoms with E-state index >= 15 is 0 Å². The molecule has 0 radical (unpaired) electrons. The maximum Gasteiger partial charge on any atom is 0.325 e. The maximum atomic E-state index is 13.1. The van der Waals surface area contributed by atoms with E-state index in [0.29, 0.717) is 24.6 Å². The van der Waals surface area contributed by atoms with Gasteiger partial charge >= 0.3 is 5.97 Å².